The van der Waals surface area contributed by atoms with E-state index < -0.39 is 11.7 Å². The van der Waals surface area contributed by atoms with Crippen LogP contribution in [0.3, 0.4) is 0 Å². The molecule has 1 saturated carbocycles. The number of benzene rings is 1. The molecule has 1 N–H and O–H groups in total. The Morgan fingerprint density at radius 2 is 2.11 bits per heavy atom. The lowest BCUT2D eigenvalue weighted by molar-refractivity contribution is -0.112. The van der Waals surface area contributed by atoms with Gasteiger partial charge in [-0.25, -0.2) is 0 Å². The molecule has 3 rings (SSSR count). The van der Waals surface area contributed by atoms with E-state index >= 15 is 0 Å². The van der Waals surface area contributed by atoms with Crippen molar-refractivity contribution in [2.24, 2.45) is 5.92 Å². The van der Waals surface area contributed by atoms with Gasteiger partial charge >= 0.3 is 0 Å². The molecule has 4 heteroatoms. The molecule has 1 fully saturated rings. The summed E-state index contributed by atoms with van der Waals surface area (Å²) >= 11 is 0. The summed E-state index contributed by atoms with van der Waals surface area (Å²) < 4.78 is 0. The Kier molecular flexibility index (Phi) is 3.01. The van der Waals surface area contributed by atoms with E-state index in [1.54, 1.807) is 6.07 Å². The van der Waals surface area contributed by atoms with E-state index in [0.717, 1.165) is 24.7 Å². The van der Waals surface area contributed by atoms with Crippen molar-refractivity contribution >= 4 is 23.1 Å². The van der Waals surface area contributed by atoms with Crippen molar-refractivity contribution in [3.63, 3.8) is 0 Å². The second-order valence-electron chi connectivity index (χ2n) is 5.35. The number of rotatable bonds is 4. The normalized spacial score (nSPS) is 17.9. The molecule has 1 aliphatic heterocycles. The Morgan fingerprint density at radius 1 is 1.32 bits per heavy atom. The summed E-state index contributed by atoms with van der Waals surface area (Å²) in [6.45, 7) is 4.14. The van der Waals surface area contributed by atoms with Crippen LogP contribution in [0.25, 0.3) is 0 Å². The number of hydrogen-bond donors (Lipinski definition) is 1. The van der Waals surface area contributed by atoms with Crippen molar-refractivity contribution in [2.75, 3.05) is 23.3 Å². The molecular formula is C15H18N2O2. The fourth-order valence-corrected chi connectivity index (χ4v) is 2.74. The van der Waals surface area contributed by atoms with Gasteiger partial charge in [0, 0.05) is 18.8 Å². The second-order valence-corrected chi connectivity index (χ2v) is 5.35. The fraction of sp³-hybridized carbons (Fsp3) is 0.467. The molecule has 0 aromatic heterocycles. The summed E-state index contributed by atoms with van der Waals surface area (Å²) in [6.07, 6.45) is 3.98. The highest BCUT2D eigenvalue weighted by Gasteiger charge is 2.28. The topological polar surface area (TPSA) is 49.4 Å². The molecule has 100 valence electrons. The molecule has 1 aliphatic carbocycles. The number of anilines is 2. The molecule has 19 heavy (non-hydrogen) atoms. The Bertz CT molecular complexity index is 535. The minimum Gasteiger partial charge on any atom is -0.371 e. The van der Waals surface area contributed by atoms with Gasteiger partial charge in [-0.1, -0.05) is 6.42 Å². The zero-order chi connectivity index (χ0) is 13.4. The summed E-state index contributed by atoms with van der Waals surface area (Å²) in [5, 5.41) is 2.63. The fourth-order valence-electron chi connectivity index (χ4n) is 2.74. The summed E-state index contributed by atoms with van der Waals surface area (Å²) in [4.78, 5) is 25.2. The van der Waals surface area contributed by atoms with Gasteiger partial charge in [-0.2, -0.15) is 0 Å². The van der Waals surface area contributed by atoms with E-state index in [4.69, 9.17) is 0 Å². The zero-order valence-electron chi connectivity index (χ0n) is 11.1. The maximum atomic E-state index is 11.6. The first-order valence-corrected chi connectivity index (χ1v) is 6.93. The molecule has 0 spiro atoms. The Morgan fingerprint density at radius 3 is 2.74 bits per heavy atom. The van der Waals surface area contributed by atoms with E-state index in [1.165, 1.54) is 19.3 Å². The van der Waals surface area contributed by atoms with Crippen LogP contribution in [0.2, 0.25) is 0 Å². The van der Waals surface area contributed by atoms with Gasteiger partial charge in [0.15, 0.2) is 0 Å². The average molecular weight is 258 g/mol. The molecule has 0 radical (unpaired) electrons. The van der Waals surface area contributed by atoms with E-state index in [-0.39, 0.29) is 0 Å². The van der Waals surface area contributed by atoms with Gasteiger partial charge < -0.3 is 10.2 Å². The highest BCUT2D eigenvalue weighted by molar-refractivity contribution is 6.51. The van der Waals surface area contributed by atoms with Crippen LogP contribution in [0.4, 0.5) is 11.4 Å². The quantitative estimate of drug-likeness (QED) is 0.844. The second kappa shape index (κ2) is 4.68. The number of carbonyl (C=O) groups excluding carboxylic acids is 2. The van der Waals surface area contributed by atoms with Crippen LogP contribution < -0.4 is 10.2 Å². The van der Waals surface area contributed by atoms with Gasteiger partial charge in [0.05, 0.1) is 11.3 Å². The first kappa shape index (κ1) is 12.2. The SMILES string of the molecule is CCN(CC1CCC1)c1ccc2c(c1)NC(=O)C2=O. The van der Waals surface area contributed by atoms with Gasteiger partial charge in [-0.3, -0.25) is 9.59 Å². The average Bonchev–Trinajstić information content (AvgIpc) is 2.64. The molecule has 0 bridgehead atoms. The van der Waals surface area contributed by atoms with E-state index in [1.807, 2.05) is 12.1 Å². The van der Waals surface area contributed by atoms with Crippen molar-refractivity contribution in [2.45, 2.75) is 26.2 Å². The number of hydrogen-bond acceptors (Lipinski definition) is 3. The number of Topliss-reactive ketones (excluding diaryl/α,β-unsaturated/α-hetero) is 1. The predicted octanol–water partition coefficient (Wildman–Crippen LogP) is 2.45. The molecule has 0 atom stereocenters. The number of ketones is 1. The number of nitrogens with one attached hydrogen (secondary N) is 1. The van der Waals surface area contributed by atoms with Crippen molar-refractivity contribution < 1.29 is 9.59 Å². The van der Waals surface area contributed by atoms with Crippen LogP contribution in [0, 0.1) is 5.92 Å². The minimum absolute atomic E-state index is 0.427. The Balaban J connectivity index is 1.83. The lowest BCUT2D eigenvalue weighted by Crippen LogP contribution is -2.32. The third-order valence-corrected chi connectivity index (χ3v) is 4.15. The van der Waals surface area contributed by atoms with Gasteiger partial charge in [-0.05, 0) is 43.9 Å². The van der Waals surface area contributed by atoms with Crippen LogP contribution >= 0.6 is 0 Å². The first-order valence-electron chi connectivity index (χ1n) is 6.93. The van der Waals surface area contributed by atoms with Crippen molar-refractivity contribution in [3.8, 4) is 0 Å². The molecule has 0 unspecified atom stereocenters. The number of amides is 1. The maximum Gasteiger partial charge on any atom is 0.296 e. The van der Waals surface area contributed by atoms with Crippen LogP contribution in [-0.4, -0.2) is 24.8 Å². The lowest BCUT2D eigenvalue weighted by atomic mass is 9.85. The number of carbonyl (C=O) groups is 2. The smallest absolute Gasteiger partial charge is 0.296 e. The molecule has 1 aromatic rings. The summed E-state index contributed by atoms with van der Waals surface area (Å²) in [6, 6.07) is 5.62. The van der Waals surface area contributed by atoms with Crippen LogP contribution in [0.15, 0.2) is 18.2 Å². The predicted molar refractivity (Wildman–Crippen MR) is 74.6 cm³/mol. The van der Waals surface area contributed by atoms with Crippen molar-refractivity contribution in [3.05, 3.63) is 23.8 Å². The summed E-state index contributed by atoms with van der Waals surface area (Å²) in [5.74, 6) is -0.151. The van der Waals surface area contributed by atoms with E-state index in [2.05, 4.69) is 17.1 Å². The van der Waals surface area contributed by atoms with Gasteiger partial charge in [-0.15, -0.1) is 0 Å². The number of nitrogens with zero attached hydrogens (tertiary/aromatic N) is 1. The van der Waals surface area contributed by atoms with E-state index in [9.17, 15) is 9.59 Å². The van der Waals surface area contributed by atoms with E-state index in [0.29, 0.717) is 11.3 Å². The monoisotopic (exact) mass is 258 g/mol. The van der Waals surface area contributed by atoms with Crippen LogP contribution in [-0.2, 0) is 4.79 Å². The van der Waals surface area contributed by atoms with Crippen molar-refractivity contribution in [1.29, 1.82) is 0 Å². The Labute approximate surface area is 112 Å². The summed E-state index contributed by atoms with van der Waals surface area (Å²) in [7, 11) is 0. The van der Waals surface area contributed by atoms with Crippen LogP contribution in [0.1, 0.15) is 36.5 Å². The minimum atomic E-state index is -0.519. The van der Waals surface area contributed by atoms with Gasteiger partial charge in [0.1, 0.15) is 0 Å². The number of fused-ring (bicyclic) bond motifs is 1. The summed E-state index contributed by atoms with van der Waals surface area (Å²) in [5.41, 5.74) is 2.23. The zero-order valence-corrected chi connectivity index (χ0v) is 11.1. The molecule has 4 nitrogen and oxygen atoms in total. The third-order valence-electron chi connectivity index (χ3n) is 4.15. The van der Waals surface area contributed by atoms with Crippen molar-refractivity contribution in [1.82, 2.24) is 0 Å². The van der Waals surface area contributed by atoms with Gasteiger partial charge in [0.25, 0.3) is 11.7 Å². The molecule has 1 amide bonds. The molecule has 2 aliphatic rings. The standard InChI is InChI=1S/C15H18N2O2/c1-2-17(9-10-4-3-5-10)11-6-7-12-13(8-11)16-15(19)14(12)18/h6-8,10H,2-5,9H2,1H3,(H,16,18,19). The molecule has 0 saturated heterocycles. The third kappa shape index (κ3) is 2.11. The lowest BCUT2D eigenvalue weighted by Gasteiger charge is -2.33. The molecular weight excluding hydrogens is 240 g/mol. The largest absolute Gasteiger partial charge is 0.371 e. The van der Waals surface area contributed by atoms with Gasteiger partial charge in [0.2, 0.25) is 0 Å². The first-order chi connectivity index (χ1) is 9.19. The highest BCUT2D eigenvalue weighted by atomic mass is 16.2. The molecule has 1 heterocycles. The van der Waals surface area contributed by atoms with Crippen LogP contribution in [0.5, 0.6) is 0 Å². The maximum absolute atomic E-state index is 11.6. The highest BCUT2D eigenvalue weighted by Crippen LogP contribution is 2.32. The molecule has 1 aromatic carbocycles. The Hall–Kier alpha value is -1.84.